The van der Waals surface area contributed by atoms with Gasteiger partial charge in [-0.05, 0) is 18.9 Å². The standard InChI is InChI=1S/C6H12N/c1-6-3-4-7(2)5-6/h6H,2-5H2,1H3/t6-/m1/s1. The van der Waals surface area contributed by atoms with Crippen LogP contribution in [0.3, 0.4) is 0 Å². The highest BCUT2D eigenvalue weighted by molar-refractivity contribution is 4.70. The number of likely N-dealkylation sites (tertiary alicyclic amines) is 1. The molecule has 1 heteroatoms. The van der Waals surface area contributed by atoms with Gasteiger partial charge in [0.05, 0.1) is 0 Å². The van der Waals surface area contributed by atoms with Crippen LogP contribution in [-0.4, -0.2) is 18.0 Å². The Morgan fingerprint density at radius 3 is 2.57 bits per heavy atom. The molecule has 0 aromatic rings. The minimum absolute atomic E-state index is 0.887. The first-order valence-corrected chi connectivity index (χ1v) is 2.84. The average molecular weight is 98.2 g/mol. The predicted molar refractivity (Wildman–Crippen MR) is 30.7 cm³/mol. The summed E-state index contributed by atoms with van der Waals surface area (Å²) < 4.78 is 0. The van der Waals surface area contributed by atoms with Gasteiger partial charge in [0, 0.05) is 13.6 Å². The Morgan fingerprint density at radius 1 is 1.71 bits per heavy atom. The fraction of sp³-hybridized carbons (Fsp3) is 0.833. The normalized spacial score (nSPS) is 34.3. The van der Waals surface area contributed by atoms with Crippen molar-refractivity contribution in [3.05, 3.63) is 7.05 Å². The van der Waals surface area contributed by atoms with Crippen LogP contribution in [0.1, 0.15) is 13.3 Å². The number of rotatable bonds is 0. The summed E-state index contributed by atoms with van der Waals surface area (Å²) in [7, 11) is 3.82. The van der Waals surface area contributed by atoms with Crippen LogP contribution in [-0.2, 0) is 0 Å². The molecule has 1 rings (SSSR count). The van der Waals surface area contributed by atoms with Crippen LogP contribution >= 0.6 is 0 Å². The summed E-state index contributed by atoms with van der Waals surface area (Å²) in [5, 5.41) is 0. The van der Waals surface area contributed by atoms with Crippen molar-refractivity contribution in [2.45, 2.75) is 13.3 Å². The average Bonchev–Trinajstić information content (AvgIpc) is 1.87. The second kappa shape index (κ2) is 1.83. The van der Waals surface area contributed by atoms with E-state index >= 15 is 0 Å². The van der Waals surface area contributed by atoms with Crippen molar-refractivity contribution in [1.82, 2.24) is 4.90 Å². The van der Waals surface area contributed by atoms with E-state index in [2.05, 4.69) is 18.9 Å². The van der Waals surface area contributed by atoms with Gasteiger partial charge in [-0.1, -0.05) is 6.92 Å². The monoisotopic (exact) mass is 98.1 g/mol. The SMILES string of the molecule is [CH2]N1CC[C@@H](C)C1. The Bertz CT molecular complexity index is 53.2. The summed E-state index contributed by atoms with van der Waals surface area (Å²) in [5.41, 5.74) is 0. The summed E-state index contributed by atoms with van der Waals surface area (Å²) in [5.74, 6) is 0.887. The van der Waals surface area contributed by atoms with E-state index in [9.17, 15) is 0 Å². The second-order valence-corrected chi connectivity index (χ2v) is 2.47. The van der Waals surface area contributed by atoms with E-state index in [0.29, 0.717) is 0 Å². The molecule has 1 fully saturated rings. The third-order valence-corrected chi connectivity index (χ3v) is 1.51. The molecule has 1 saturated heterocycles. The van der Waals surface area contributed by atoms with Crippen LogP contribution < -0.4 is 0 Å². The third-order valence-electron chi connectivity index (χ3n) is 1.51. The highest BCUT2D eigenvalue weighted by Crippen LogP contribution is 2.12. The fourth-order valence-electron chi connectivity index (χ4n) is 1.03. The van der Waals surface area contributed by atoms with E-state index in [1.165, 1.54) is 19.5 Å². The molecule has 1 radical (unpaired) electrons. The molecule has 0 aromatic carbocycles. The highest BCUT2D eigenvalue weighted by atomic mass is 15.1. The van der Waals surface area contributed by atoms with E-state index in [1.54, 1.807) is 0 Å². The van der Waals surface area contributed by atoms with Crippen LogP contribution in [0.4, 0.5) is 0 Å². The van der Waals surface area contributed by atoms with Gasteiger partial charge in [0.2, 0.25) is 0 Å². The molecule has 1 nitrogen and oxygen atoms in total. The van der Waals surface area contributed by atoms with Crippen LogP contribution in [0.15, 0.2) is 0 Å². The first-order valence-electron chi connectivity index (χ1n) is 2.84. The molecule has 0 unspecified atom stereocenters. The molecule has 0 bridgehead atoms. The van der Waals surface area contributed by atoms with Crippen molar-refractivity contribution in [3.8, 4) is 0 Å². The molecule has 0 aromatic heterocycles. The van der Waals surface area contributed by atoms with Gasteiger partial charge in [0.15, 0.2) is 0 Å². The molecule has 1 atom stereocenters. The largest absolute Gasteiger partial charge is 0.302 e. The Kier molecular flexibility index (Phi) is 1.33. The van der Waals surface area contributed by atoms with Crippen molar-refractivity contribution in [1.29, 1.82) is 0 Å². The van der Waals surface area contributed by atoms with Gasteiger partial charge in [-0.3, -0.25) is 0 Å². The molecule has 1 heterocycles. The fourth-order valence-corrected chi connectivity index (χ4v) is 1.03. The highest BCUT2D eigenvalue weighted by Gasteiger charge is 2.13. The van der Waals surface area contributed by atoms with E-state index in [4.69, 9.17) is 0 Å². The lowest BCUT2D eigenvalue weighted by atomic mass is 10.2. The summed E-state index contributed by atoms with van der Waals surface area (Å²) in [6, 6.07) is 0. The first kappa shape index (κ1) is 5.10. The van der Waals surface area contributed by atoms with Gasteiger partial charge in [-0.25, -0.2) is 0 Å². The molecule has 0 spiro atoms. The molecule has 0 amide bonds. The van der Waals surface area contributed by atoms with E-state index in [0.717, 1.165) is 5.92 Å². The minimum Gasteiger partial charge on any atom is -0.302 e. The van der Waals surface area contributed by atoms with Crippen LogP contribution in [0.2, 0.25) is 0 Å². The predicted octanol–water partition coefficient (Wildman–Crippen LogP) is 1.12. The van der Waals surface area contributed by atoms with E-state index in [1.807, 2.05) is 0 Å². The van der Waals surface area contributed by atoms with Crippen molar-refractivity contribution < 1.29 is 0 Å². The zero-order valence-electron chi connectivity index (χ0n) is 4.85. The molecule has 0 N–H and O–H groups in total. The topological polar surface area (TPSA) is 3.24 Å². The Labute approximate surface area is 45.3 Å². The second-order valence-electron chi connectivity index (χ2n) is 2.47. The maximum Gasteiger partial charge on any atom is 0.0109 e. The van der Waals surface area contributed by atoms with Crippen molar-refractivity contribution in [3.63, 3.8) is 0 Å². The summed E-state index contributed by atoms with van der Waals surface area (Å²) in [4.78, 5) is 2.13. The summed E-state index contributed by atoms with van der Waals surface area (Å²) >= 11 is 0. The molecule has 0 saturated carbocycles. The van der Waals surface area contributed by atoms with Crippen LogP contribution in [0.25, 0.3) is 0 Å². The molecule has 1 aliphatic rings. The Balaban J connectivity index is 2.26. The van der Waals surface area contributed by atoms with Crippen LogP contribution in [0, 0.1) is 13.0 Å². The third kappa shape index (κ3) is 1.16. The van der Waals surface area contributed by atoms with Gasteiger partial charge < -0.3 is 4.90 Å². The van der Waals surface area contributed by atoms with Crippen molar-refractivity contribution >= 4 is 0 Å². The number of hydrogen-bond donors (Lipinski definition) is 0. The molecule has 0 aliphatic carbocycles. The van der Waals surface area contributed by atoms with Gasteiger partial charge in [-0.2, -0.15) is 0 Å². The molecule has 1 aliphatic heterocycles. The Morgan fingerprint density at radius 2 is 2.43 bits per heavy atom. The molecular weight excluding hydrogens is 86.1 g/mol. The number of nitrogens with zero attached hydrogens (tertiary/aromatic N) is 1. The van der Waals surface area contributed by atoms with Crippen molar-refractivity contribution in [2.24, 2.45) is 5.92 Å². The van der Waals surface area contributed by atoms with Gasteiger partial charge in [0.1, 0.15) is 0 Å². The zero-order valence-corrected chi connectivity index (χ0v) is 4.85. The lowest BCUT2D eigenvalue weighted by Crippen LogP contribution is -2.09. The van der Waals surface area contributed by atoms with Gasteiger partial charge >= 0.3 is 0 Å². The zero-order chi connectivity index (χ0) is 5.28. The number of hydrogen-bond acceptors (Lipinski definition) is 1. The molecular formula is C6H12N. The Hall–Kier alpha value is -0.0400. The maximum atomic E-state index is 3.82. The molecule has 41 valence electrons. The summed E-state index contributed by atoms with van der Waals surface area (Å²) in [6.45, 7) is 4.66. The van der Waals surface area contributed by atoms with E-state index < -0.39 is 0 Å². The van der Waals surface area contributed by atoms with Crippen molar-refractivity contribution in [2.75, 3.05) is 13.1 Å². The lowest BCUT2D eigenvalue weighted by Gasteiger charge is -2.02. The quantitative estimate of drug-likeness (QED) is 0.439. The lowest BCUT2D eigenvalue weighted by molar-refractivity contribution is 0.442. The van der Waals surface area contributed by atoms with E-state index in [-0.39, 0.29) is 0 Å². The van der Waals surface area contributed by atoms with Gasteiger partial charge in [-0.15, -0.1) is 0 Å². The molecule has 7 heavy (non-hydrogen) atoms. The van der Waals surface area contributed by atoms with Crippen LogP contribution in [0.5, 0.6) is 0 Å². The minimum atomic E-state index is 0.887. The first-order chi connectivity index (χ1) is 3.29. The maximum absolute atomic E-state index is 3.82. The summed E-state index contributed by atoms with van der Waals surface area (Å²) in [6.07, 6.45) is 1.34. The smallest absolute Gasteiger partial charge is 0.0109 e. The van der Waals surface area contributed by atoms with Gasteiger partial charge in [0.25, 0.3) is 0 Å².